The van der Waals surface area contributed by atoms with Crippen molar-refractivity contribution in [3.63, 3.8) is 0 Å². The Hall–Kier alpha value is -2.41. The van der Waals surface area contributed by atoms with Crippen molar-refractivity contribution in [2.24, 2.45) is 5.41 Å². The Morgan fingerprint density at radius 1 is 1.27 bits per heavy atom. The van der Waals surface area contributed by atoms with Crippen molar-refractivity contribution >= 4 is 23.5 Å². The molecule has 0 spiro atoms. The van der Waals surface area contributed by atoms with Gasteiger partial charge in [0.15, 0.2) is 0 Å². The molecule has 0 aliphatic rings. The highest BCUT2D eigenvalue weighted by Crippen LogP contribution is 2.20. The fourth-order valence-corrected chi connectivity index (χ4v) is 2.31. The summed E-state index contributed by atoms with van der Waals surface area (Å²) in [6.45, 7) is 3.60. The predicted octanol–water partition coefficient (Wildman–Crippen LogP) is 3.33. The maximum absolute atomic E-state index is 11.8. The minimum Gasteiger partial charge on any atom is -0.481 e. The van der Waals surface area contributed by atoms with E-state index in [1.165, 1.54) is 0 Å². The van der Waals surface area contributed by atoms with Gasteiger partial charge in [0.1, 0.15) is 0 Å². The molecule has 0 saturated heterocycles. The second kappa shape index (κ2) is 8.80. The van der Waals surface area contributed by atoms with E-state index in [1.807, 2.05) is 12.1 Å². The van der Waals surface area contributed by atoms with Gasteiger partial charge in [0.05, 0.1) is 5.41 Å². The number of carboxylic acid groups (broad SMARTS) is 1. The quantitative estimate of drug-likeness (QED) is 0.692. The highest BCUT2D eigenvalue weighted by Gasteiger charge is 2.26. The van der Waals surface area contributed by atoms with E-state index in [9.17, 15) is 9.59 Å². The monoisotopic (exact) mass is 379 g/mol. The maximum Gasteiger partial charge on any atom is 0.309 e. The lowest BCUT2D eigenvalue weighted by molar-refractivity contribution is -0.147. The normalized spacial score (nSPS) is 11.3. The van der Waals surface area contributed by atoms with E-state index in [0.29, 0.717) is 49.0 Å². The van der Waals surface area contributed by atoms with Crippen LogP contribution in [0.2, 0.25) is 5.02 Å². The number of amides is 1. The summed E-state index contributed by atoms with van der Waals surface area (Å²) in [5.74, 6) is -0.0463. The summed E-state index contributed by atoms with van der Waals surface area (Å²) in [4.78, 5) is 27.1. The minimum atomic E-state index is -0.875. The van der Waals surface area contributed by atoms with E-state index in [2.05, 4.69) is 15.5 Å². The number of halogens is 1. The van der Waals surface area contributed by atoms with Gasteiger partial charge in [-0.1, -0.05) is 16.8 Å². The molecule has 0 atom stereocenters. The molecule has 0 saturated carbocycles. The first-order valence-electron chi connectivity index (χ1n) is 8.36. The zero-order valence-electron chi connectivity index (χ0n) is 14.8. The maximum atomic E-state index is 11.8. The number of carbonyl (C=O) groups is 2. The molecule has 1 aromatic carbocycles. The van der Waals surface area contributed by atoms with Gasteiger partial charge in [0, 0.05) is 30.0 Å². The van der Waals surface area contributed by atoms with Gasteiger partial charge in [-0.25, -0.2) is 0 Å². The Kier molecular flexibility index (Phi) is 6.74. The van der Waals surface area contributed by atoms with Gasteiger partial charge in [0.2, 0.25) is 17.6 Å². The van der Waals surface area contributed by atoms with E-state index < -0.39 is 11.4 Å². The van der Waals surface area contributed by atoms with Crippen molar-refractivity contribution < 1.29 is 19.2 Å². The van der Waals surface area contributed by atoms with Crippen LogP contribution >= 0.6 is 11.6 Å². The van der Waals surface area contributed by atoms with Crippen LogP contribution in [0.15, 0.2) is 28.8 Å². The molecule has 7 nitrogen and oxygen atoms in total. The summed E-state index contributed by atoms with van der Waals surface area (Å²) in [7, 11) is 0. The zero-order chi connectivity index (χ0) is 19.2. The van der Waals surface area contributed by atoms with E-state index in [1.54, 1.807) is 26.0 Å². The molecule has 2 rings (SSSR count). The molecule has 2 N–H and O–H groups in total. The molecular formula is C18H22ClN3O4. The van der Waals surface area contributed by atoms with Gasteiger partial charge in [0.25, 0.3) is 0 Å². The third-order valence-corrected chi connectivity index (χ3v) is 4.27. The van der Waals surface area contributed by atoms with E-state index in [-0.39, 0.29) is 5.91 Å². The smallest absolute Gasteiger partial charge is 0.309 e. The Morgan fingerprint density at radius 3 is 2.62 bits per heavy atom. The Labute approximate surface area is 156 Å². The lowest BCUT2D eigenvalue weighted by Gasteiger charge is -2.18. The molecule has 1 aromatic heterocycles. The van der Waals surface area contributed by atoms with Crippen LogP contribution in [0.5, 0.6) is 0 Å². The number of carbonyl (C=O) groups excluding carboxylic acids is 1. The third-order valence-electron chi connectivity index (χ3n) is 4.02. The first-order valence-corrected chi connectivity index (χ1v) is 8.74. The molecule has 0 aliphatic heterocycles. The van der Waals surface area contributed by atoms with Crippen LogP contribution in [-0.4, -0.2) is 33.7 Å². The van der Waals surface area contributed by atoms with Gasteiger partial charge in [-0.3, -0.25) is 9.59 Å². The van der Waals surface area contributed by atoms with Crippen LogP contribution in [0.25, 0.3) is 11.4 Å². The topological polar surface area (TPSA) is 105 Å². The van der Waals surface area contributed by atoms with Gasteiger partial charge in [-0.2, -0.15) is 4.98 Å². The number of hydrogen-bond acceptors (Lipinski definition) is 5. The lowest BCUT2D eigenvalue weighted by atomic mass is 9.90. The van der Waals surface area contributed by atoms with Gasteiger partial charge in [-0.15, -0.1) is 0 Å². The highest BCUT2D eigenvalue weighted by atomic mass is 35.5. The molecule has 26 heavy (non-hydrogen) atoms. The van der Waals surface area contributed by atoms with Crippen LogP contribution in [0.1, 0.15) is 39.0 Å². The lowest BCUT2D eigenvalue weighted by Crippen LogP contribution is -2.31. The van der Waals surface area contributed by atoms with Crippen molar-refractivity contribution in [3.05, 3.63) is 35.2 Å². The molecule has 0 unspecified atom stereocenters. The molecule has 0 radical (unpaired) electrons. The number of benzene rings is 1. The summed E-state index contributed by atoms with van der Waals surface area (Å²) in [6.07, 6.45) is 1.75. The Bertz CT molecular complexity index is 756. The Morgan fingerprint density at radius 2 is 1.96 bits per heavy atom. The van der Waals surface area contributed by atoms with Gasteiger partial charge < -0.3 is 14.9 Å². The molecule has 1 heterocycles. The molecule has 0 fully saturated rings. The summed E-state index contributed by atoms with van der Waals surface area (Å²) in [6, 6.07) is 7.12. The van der Waals surface area contributed by atoms with E-state index in [4.69, 9.17) is 21.2 Å². The zero-order valence-corrected chi connectivity index (χ0v) is 15.5. The van der Waals surface area contributed by atoms with E-state index >= 15 is 0 Å². The summed E-state index contributed by atoms with van der Waals surface area (Å²) in [5.41, 5.74) is -0.0436. The number of rotatable bonds is 9. The molecule has 8 heteroatoms. The molecule has 0 aliphatic carbocycles. The van der Waals surface area contributed by atoms with E-state index in [0.717, 1.165) is 5.56 Å². The fourth-order valence-electron chi connectivity index (χ4n) is 2.18. The summed E-state index contributed by atoms with van der Waals surface area (Å²) in [5, 5.41) is 16.3. The summed E-state index contributed by atoms with van der Waals surface area (Å²) < 4.78 is 5.19. The second-order valence-corrected chi connectivity index (χ2v) is 7.10. The number of aryl methyl sites for hydroxylation is 1. The average molecular weight is 380 g/mol. The number of hydrogen-bond donors (Lipinski definition) is 2. The number of aliphatic carboxylic acids is 1. The largest absolute Gasteiger partial charge is 0.481 e. The average Bonchev–Trinajstić information content (AvgIpc) is 3.04. The SMILES string of the molecule is CC(C)(CCNC(=O)CCCc1nc(-c2ccc(Cl)cc2)no1)C(=O)O. The summed E-state index contributed by atoms with van der Waals surface area (Å²) >= 11 is 5.85. The van der Waals surface area contributed by atoms with Crippen molar-refractivity contribution in [2.45, 2.75) is 39.5 Å². The number of aromatic nitrogens is 2. The highest BCUT2D eigenvalue weighted by molar-refractivity contribution is 6.30. The molecule has 140 valence electrons. The van der Waals surface area contributed by atoms with Crippen molar-refractivity contribution in [1.82, 2.24) is 15.5 Å². The number of nitrogens with zero attached hydrogens (tertiary/aromatic N) is 2. The minimum absolute atomic E-state index is 0.122. The molecule has 1 amide bonds. The van der Waals surface area contributed by atoms with Crippen molar-refractivity contribution in [2.75, 3.05) is 6.54 Å². The molecule has 0 bridgehead atoms. The first kappa shape index (κ1) is 19.9. The van der Waals surface area contributed by atoms with Crippen molar-refractivity contribution in [1.29, 1.82) is 0 Å². The third kappa shape index (κ3) is 5.84. The van der Waals surface area contributed by atoms with Gasteiger partial charge >= 0.3 is 5.97 Å². The van der Waals surface area contributed by atoms with Crippen LogP contribution in [0.4, 0.5) is 0 Å². The number of nitrogens with one attached hydrogen (secondary N) is 1. The van der Waals surface area contributed by atoms with Crippen LogP contribution < -0.4 is 5.32 Å². The van der Waals surface area contributed by atoms with Gasteiger partial charge in [-0.05, 0) is 51.0 Å². The second-order valence-electron chi connectivity index (χ2n) is 6.66. The molecule has 2 aromatic rings. The van der Waals surface area contributed by atoms with Crippen LogP contribution in [-0.2, 0) is 16.0 Å². The predicted molar refractivity (Wildman–Crippen MR) is 96.7 cm³/mol. The van der Waals surface area contributed by atoms with Crippen molar-refractivity contribution in [3.8, 4) is 11.4 Å². The Balaban J connectivity index is 1.72. The van der Waals surface area contributed by atoms with Crippen LogP contribution in [0, 0.1) is 5.41 Å². The fraction of sp³-hybridized carbons (Fsp3) is 0.444. The standard InChI is InChI=1S/C18H22ClN3O4/c1-18(2,17(24)25)10-11-20-14(23)4-3-5-15-21-16(22-26-15)12-6-8-13(19)9-7-12/h6-9H,3-5,10-11H2,1-2H3,(H,20,23)(H,24,25). The molecular weight excluding hydrogens is 358 g/mol. The number of carboxylic acids is 1. The van der Waals surface area contributed by atoms with Crippen LogP contribution in [0.3, 0.4) is 0 Å². The first-order chi connectivity index (χ1) is 12.3.